The second-order valence-corrected chi connectivity index (χ2v) is 6.33. The first-order chi connectivity index (χ1) is 11.3. The largest absolute Gasteiger partial charge is 0.369 e. The predicted octanol–water partition coefficient (Wildman–Crippen LogP) is 6.01. The number of carbonyl (C=O) groups is 1. The van der Waals surface area contributed by atoms with E-state index in [0.29, 0.717) is 6.42 Å². The van der Waals surface area contributed by atoms with Gasteiger partial charge in [0.05, 0.1) is 5.56 Å². The summed E-state index contributed by atoms with van der Waals surface area (Å²) in [5.74, 6) is 0.968. The second-order valence-electron chi connectivity index (χ2n) is 6.33. The highest BCUT2D eigenvalue weighted by molar-refractivity contribution is 6.00. The molecular formula is C20H34N2O. The van der Waals surface area contributed by atoms with Crippen LogP contribution in [0.1, 0.15) is 94.8 Å². The second kappa shape index (κ2) is 13.1. The topological polar surface area (TPSA) is 42.0 Å². The van der Waals surface area contributed by atoms with Gasteiger partial charge in [-0.2, -0.15) is 0 Å². The van der Waals surface area contributed by atoms with Crippen molar-refractivity contribution in [1.29, 1.82) is 0 Å². The maximum Gasteiger partial charge on any atom is 0.166 e. The first-order valence-corrected chi connectivity index (χ1v) is 9.51. The summed E-state index contributed by atoms with van der Waals surface area (Å²) in [6.07, 6.45) is 14.9. The zero-order valence-electron chi connectivity index (χ0n) is 15.1. The van der Waals surface area contributed by atoms with Crippen LogP contribution in [0.5, 0.6) is 0 Å². The van der Waals surface area contributed by atoms with Crippen LogP contribution in [0.25, 0.3) is 0 Å². The maximum atomic E-state index is 12.2. The minimum absolute atomic E-state index is 0.207. The number of nitrogens with one attached hydrogen (secondary N) is 1. The van der Waals surface area contributed by atoms with Crippen LogP contribution in [0.15, 0.2) is 18.3 Å². The van der Waals surface area contributed by atoms with Gasteiger partial charge in [-0.15, -0.1) is 0 Å². The number of ketones is 1. The van der Waals surface area contributed by atoms with Gasteiger partial charge in [0.1, 0.15) is 5.82 Å². The summed E-state index contributed by atoms with van der Waals surface area (Å²) in [4.78, 5) is 16.5. The number of rotatable bonds is 14. The summed E-state index contributed by atoms with van der Waals surface area (Å²) in [6.45, 7) is 5.27. The number of carbonyl (C=O) groups excluding carboxylic acids is 1. The van der Waals surface area contributed by atoms with Gasteiger partial charge in [-0.25, -0.2) is 4.98 Å². The van der Waals surface area contributed by atoms with E-state index in [4.69, 9.17) is 0 Å². The van der Waals surface area contributed by atoms with Crippen molar-refractivity contribution in [2.45, 2.75) is 84.5 Å². The number of hydrogen-bond donors (Lipinski definition) is 1. The van der Waals surface area contributed by atoms with Crippen molar-refractivity contribution in [1.82, 2.24) is 4.98 Å². The van der Waals surface area contributed by atoms with Gasteiger partial charge >= 0.3 is 0 Å². The van der Waals surface area contributed by atoms with Crippen molar-refractivity contribution in [3.05, 3.63) is 23.9 Å². The summed E-state index contributed by atoms with van der Waals surface area (Å²) < 4.78 is 0. The molecule has 0 spiro atoms. The average molecular weight is 319 g/mol. The lowest BCUT2D eigenvalue weighted by molar-refractivity contribution is 0.0980. The number of aromatic nitrogens is 1. The molecule has 0 fully saturated rings. The van der Waals surface area contributed by atoms with E-state index in [1.165, 1.54) is 44.9 Å². The van der Waals surface area contributed by atoms with Gasteiger partial charge in [0.2, 0.25) is 0 Å². The Labute approximate surface area is 142 Å². The molecule has 0 unspecified atom stereocenters. The number of hydrogen-bond acceptors (Lipinski definition) is 3. The minimum atomic E-state index is 0.207. The van der Waals surface area contributed by atoms with Crippen LogP contribution in [0.2, 0.25) is 0 Å². The Kier molecular flexibility index (Phi) is 11.2. The minimum Gasteiger partial charge on any atom is -0.369 e. The van der Waals surface area contributed by atoms with Gasteiger partial charge in [0.15, 0.2) is 5.78 Å². The van der Waals surface area contributed by atoms with E-state index >= 15 is 0 Å². The van der Waals surface area contributed by atoms with Crippen molar-refractivity contribution in [3.63, 3.8) is 0 Å². The molecule has 3 heteroatoms. The molecule has 3 nitrogen and oxygen atoms in total. The molecule has 0 saturated carbocycles. The fourth-order valence-electron chi connectivity index (χ4n) is 2.71. The fourth-order valence-corrected chi connectivity index (χ4v) is 2.71. The van der Waals surface area contributed by atoms with Crippen molar-refractivity contribution in [2.24, 2.45) is 0 Å². The Morgan fingerprint density at radius 2 is 1.61 bits per heavy atom. The third-order valence-electron chi connectivity index (χ3n) is 4.19. The highest BCUT2D eigenvalue weighted by Crippen LogP contribution is 2.16. The van der Waals surface area contributed by atoms with Crippen LogP contribution in [-0.4, -0.2) is 17.3 Å². The molecular weight excluding hydrogens is 284 g/mol. The molecule has 0 aromatic carbocycles. The quantitative estimate of drug-likeness (QED) is 0.337. The SMILES string of the molecule is CCCCCCCCCCNc1ncccc1C(=O)CCCC. The van der Waals surface area contributed by atoms with Gasteiger partial charge < -0.3 is 5.32 Å². The van der Waals surface area contributed by atoms with Crippen LogP contribution in [0, 0.1) is 0 Å². The number of unbranched alkanes of at least 4 members (excludes halogenated alkanes) is 8. The molecule has 0 aliphatic rings. The Morgan fingerprint density at radius 3 is 2.30 bits per heavy atom. The van der Waals surface area contributed by atoms with E-state index in [2.05, 4.69) is 24.1 Å². The molecule has 130 valence electrons. The summed E-state index contributed by atoms with van der Waals surface area (Å²) in [7, 11) is 0. The number of pyridine rings is 1. The zero-order chi connectivity index (χ0) is 16.8. The number of nitrogens with zero attached hydrogens (tertiary/aromatic N) is 1. The summed E-state index contributed by atoms with van der Waals surface area (Å²) in [5, 5.41) is 3.35. The smallest absolute Gasteiger partial charge is 0.166 e. The summed E-state index contributed by atoms with van der Waals surface area (Å²) in [5.41, 5.74) is 0.750. The molecule has 0 aliphatic heterocycles. The molecule has 1 aromatic rings. The zero-order valence-corrected chi connectivity index (χ0v) is 15.1. The first-order valence-electron chi connectivity index (χ1n) is 9.51. The molecule has 1 rings (SSSR count). The molecule has 1 aromatic heterocycles. The lowest BCUT2D eigenvalue weighted by atomic mass is 10.1. The average Bonchev–Trinajstić information content (AvgIpc) is 2.58. The fraction of sp³-hybridized carbons (Fsp3) is 0.700. The van der Waals surface area contributed by atoms with E-state index < -0.39 is 0 Å². The standard InChI is InChI=1S/C20H34N2O/c1-3-5-7-8-9-10-11-12-16-21-20-18(14-13-17-22-20)19(23)15-6-4-2/h13-14,17H,3-12,15-16H2,1-2H3,(H,21,22). The predicted molar refractivity (Wildman–Crippen MR) is 99.2 cm³/mol. The molecule has 0 radical (unpaired) electrons. The monoisotopic (exact) mass is 318 g/mol. The molecule has 23 heavy (non-hydrogen) atoms. The van der Waals surface area contributed by atoms with Crippen LogP contribution < -0.4 is 5.32 Å². The van der Waals surface area contributed by atoms with Gasteiger partial charge in [0, 0.05) is 19.2 Å². The van der Waals surface area contributed by atoms with Crippen molar-refractivity contribution >= 4 is 11.6 Å². The van der Waals surface area contributed by atoms with Gasteiger partial charge in [-0.1, -0.05) is 65.2 Å². The Hall–Kier alpha value is -1.38. The van der Waals surface area contributed by atoms with E-state index in [9.17, 15) is 4.79 Å². The van der Waals surface area contributed by atoms with Crippen molar-refractivity contribution in [3.8, 4) is 0 Å². The Morgan fingerprint density at radius 1 is 0.957 bits per heavy atom. The third-order valence-corrected chi connectivity index (χ3v) is 4.19. The van der Waals surface area contributed by atoms with Crippen molar-refractivity contribution in [2.75, 3.05) is 11.9 Å². The van der Waals surface area contributed by atoms with E-state index in [0.717, 1.165) is 37.2 Å². The molecule has 0 saturated heterocycles. The lowest BCUT2D eigenvalue weighted by Crippen LogP contribution is -2.09. The van der Waals surface area contributed by atoms with E-state index in [-0.39, 0.29) is 5.78 Å². The first kappa shape index (κ1) is 19.7. The molecule has 0 amide bonds. The van der Waals surface area contributed by atoms with Crippen LogP contribution in [0.4, 0.5) is 5.82 Å². The highest BCUT2D eigenvalue weighted by Gasteiger charge is 2.11. The highest BCUT2D eigenvalue weighted by atomic mass is 16.1. The third kappa shape index (κ3) is 8.73. The van der Waals surface area contributed by atoms with Crippen LogP contribution >= 0.6 is 0 Å². The van der Waals surface area contributed by atoms with Crippen molar-refractivity contribution < 1.29 is 4.79 Å². The normalized spacial score (nSPS) is 10.7. The molecule has 1 N–H and O–H groups in total. The maximum absolute atomic E-state index is 12.2. The van der Waals surface area contributed by atoms with E-state index in [1.54, 1.807) is 6.20 Å². The number of anilines is 1. The van der Waals surface area contributed by atoms with Crippen LogP contribution in [0.3, 0.4) is 0 Å². The summed E-state index contributed by atoms with van der Waals surface area (Å²) >= 11 is 0. The molecule has 0 atom stereocenters. The molecule has 0 aliphatic carbocycles. The van der Waals surface area contributed by atoms with Gasteiger partial charge in [-0.3, -0.25) is 4.79 Å². The van der Waals surface area contributed by atoms with Gasteiger partial charge in [0.25, 0.3) is 0 Å². The van der Waals surface area contributed by atoms with E-state index in [1.807, 2.05) is 12.1 Å². The van der Waals surface area contributed by atoms with Crippen LogP contribution in [-0.2, 0) is 0 Å². The Balaban J connectivity index is 2.23. The number of Topliss-reactive ketones (excluding diaryl/α,β-unsaturated/α-hetero) is 1. The Bertz CT molecular complexity index is 431. The summed E-state index contributed by atoms with van der Waals surface area (Å²) in [6, 6.07) is 3.74. The molecule has 1 heterocycles. The molecule has 0 bridgehead atoms. The van der Waals surface area contributed by atoms with Gasteiger partial charge in [-0.05, 0) is 25.0 Å². The lowest BCUT2D eigenvalue weighted by Gasteiger charge is -2.10.